The van der Waals surface area contributed by atoms with Crippen molar-refractivity contribution in [1.82, 2.24) is 15.0 Å². The molecular formula is C16H16N4O. The van der Waals surface area contributed by atoms with Gasteiger partial charge in [-0.2, -0.15) is 0 Å². The number of carbonyl (C=O) groups excluding carboxylic acids is 1. The molecule has 0 radical (unpaired) electrons. The van der Waals surface area contributed by atoms with E-state index in [1.165, 1.54) is 22.7 Å². The fourth-order valence-corrected chi connectivity index (χ4v) is 2.47. The first-order valence-corrected chi connectivity index (χ1v) is 6.69. The van der Waals surface area contributed by atoms with Gasteiger partial charge in [-0.1, -0.05) is 18.2 Å². The number of hydrazine groups is 1. The van der Waals surface area contributed by atoms with E-state index < -0.39 is 0 Å². The fraction of sp³-hybridized carbons (Fsp3) is 0.125. The summed E-state index contributed by atoms with van der Waals surface area (Å²) in [7, 11) is 0. The number of fused-ring (bicyclic) bond motifs is 1. The molecule has 3 N–H and O–H groups in total. The number of amides is 1. The normalized spacial score (nSPS) is 10.8. The van der Waals surface area contributed by atoms with Gasteiger partial charge in [-0.25, -0.2) is 5.84 Å². The second kappa shape index (κ2) is 5.38. The lowest BCUT2D eigenvalue weighted by Crippen LogP contribution is -2.30. The maximum absolute atomic E-state index is 11.4. The number of hydrogen-bond donors (Lipinski definition) is 2. The zero-order chi connectivity index (χ0) is 14.8. The van der Waals surface area contributed by atoms with Gasteiger partial charge in [0, 0.05) is 23.3 Å². The Balaban J connectivity index is 1.90. The van der Waals surface area contributed by atoms with Gasteiger partial charge >= 0.3 is 0 Å². The van der Waals surface area contributed by atoms with Crippen molar-refractivity contribution in [3.05, 3.63) is 65.6 Å². The molecule has 21 heavy (non-hydrogen) atoms. The number of nitrogens with two attached hydrogens (primary N) is 1. The number of para-hydroxylation sites is 1. The topological polar surface area (TPSA) is 72.9 Å². The molecule has 3 rings (SSSR count). The number of rotatable bonds is 3. The first kappa shape index (κ1) is 13.3. The number of nitrogens with zero attached hydrogens (tertiary/aromatic N) is 2. The standard InChI is InChI=1S/C16H16N4O/c1-11-9-20(15-5-3-2-4-14(11)15)10-13-7-6-12(8-18-13)16(21)19-17/h2-9H,10,17H2,1H3,(H,19,21). The molecule has 0 unspecified atom stereocenters. The van der Waals surface area contributed by atoms with E-state index in [1.807, 2.05) is 18.2 Å². The average molecular weight is 280 g/mol. The van der Waals surface area contributed by atoms with Crippen LogP contribution in [-0.2, 0) is 6.54 Å². The molecule has 0 aliphatic carbocycles. The lowest BCUT2D eigenvalue weighted by Gasteiger charge is -2.06. The molecule has 1 amide bonds. The summed E-state index contributed by atoms with van der Waals surface area (Å²) in [5.41, 5.74) is 5.86. The van der Waals surface area contributed by atoms with Crippen molar-refractivity contribution in [2.24, 2.45) is 5.84 Å². The molecule has 0 saturated carbocycles. The third-order valence-corrected chi connectivity index (χ3v) is 3.54. The van der Waals surface area contributed by atoms with Gasteiger partial charge in [0.2, 0.25) is 0 Å². The number of nitrogen functional groups attached to an aromatic ring is 1. The van der Waals surface area contributed by atoms with Crippen LogP contribution in [-0.4, -0.2) is 15.5 Å². The molecule has 3 aromatic rings. The molecular weight excluding hydrogens is 264 g/mol. The number of carbonyl (C=O) groups is 1. The van der Waals surface area contributed by atoms with E-state index in [4.69, 9.17) is 5.84 Å². The number of aryl methyl sites for hydroxylation is 1. The third-order valence-electron chi connectivity index (χ3n) is 3.54. The van der Waals surface area contributed by atoms with Crippen molar-refractivity contribution in [2.75, 3.05) is 0 Å². The Morgan fingerprint density at radius 2 is 2.10 bits per heavy atom. The predicted molar refractivity (Wildman–Crippen MR) is 81.7 cm³/mol. The van der Waals surface area contributed by atoms with Crippen LogP contribution in [0.25, 0.3) is 10.9 Å². The summed E-state index contributed by atoms with van der Waals surface area (Å²) < 4.78 is 2.16. The zero-order valence-corrected chi connectivity index (χ0v) is 11.7. The van der Waals surface area contributed by atoms with Crippen molar-refractivity contribution in [3.63, 3.8) is 0 Å². The van der Waals surface area contributed by atoms with E-state index in [9.17, 15) is 4.79 Å². The van der Waals surface area contributed by atoms with Crippen LogP contribution in [0.2, 0.25) is 0 Å². The Morgan fingerprint density at radius 1 is 1.29 bits per heavy atom. The predicted octanol–water partition coefficient (Wildman–Crippen LogP) is 2.00. The summed E-state index contributed by atoms with van der Waals surface area (Å²) in [4.78, 5) is 15.7. The second-order valence-electron chi connectivity index (χ2n) is 4.97. The molecule has 2 aromatic heterocycles. The first-order valence-electron chi connectivity index (χ1n) is 6.69. The lowest BCUT2D eigenvalue weighted by atomic mass is 10.2. The average Bonchev–Trinajstić information content (AvgIpc) is 2.84. The van der Waals surface area contributed by atoms with Crippen LogP contribution in [0.5, 0.6) is 0 Å². The number of hydrogen-bond acceptors (Lipinski definition) is 3. The van der Waals surface area contributed by atoms with Gasteiger partial charge in [-0.15, -0.1) is 0 Å². The van der Waals surface area contributed by atoms with Gasteiger partial charge in [0.05, 0.1) is 17.8 Å². The highest BCUT2D eigenvalue weighted by Gasteiger charge is 2.07. The molecule has 106 valence electrons. The summed E-state index contributed by atoms with van der Waals surface area (Å²) >= 11 is 0. The Hall–Kier alpha value is -2.66. The van der Waals surface area contributed by atoms with Gasteiger partial charge in [0.15, 0.2) is 0 Å². The van der Waals surface area contributed by atoms with Gasteiger partial charge in [-0.05, 0) is 30.7 Å². The smallest absolute Gasteiger partial charge is 0.266 e. The van der Waals surface area contributed by atoms with E-state index in [2.05, 4.69) is 40.2 Å². The molecule has 0 fully saturated rings. The number of benzene rings is 1. The highest BCUT2D eigenvalue weighted by Crippen LogP contribution is 2.21. The van der Waals surface area contributed by atoms with Gasteiger partial charge in [0.1, 0.15) is 0 Å². The minimum atomic E-state index is -0.337. The number of aromatic nitrogens is 2. The van der Waals surface area contributed by atoms with Crippen molar-refractivity contribution >= 4 is 16.8 Å². The van der Waals surface area contributed by atoms with Gasteiger partial charge in [0.25, 0.3) is 5.91 Å². The van der Waals surface area contributed by atoms with Crippen molar-refractivity contribution in [1.29, 1.82) is 0 Å². The molecule has 0 spiro atoms. The van der Waals surface area contributed by atoms with Crippen LogP contribution in [0.15, 0.2) is 48.8 Å². The lowest BCUT2D eigenvalue weighted by molar-refractivity contribution is 0.0953. The molecule has 5 heteroatoms. The summed E-state index contributed by atoms with van der Waals surface area (Å²) in [5.74, 6) is 4.76. The van der Waals surface area contributed by atoms with Crippen molar-refractivity contribution in [3.8, 4) is 0 Å². The Kier molecular flexibility index (Phi) is 3.41. The van der Waals surface area contributed by atoms with Crippen LogP contribution in [0.1, 0.15) is 21.6 Å². The largest absolute Gasteiger partial charge is 0.341 e. The minimum absolute atomic E-state index is 0.337. The zero-order valence-electron chi connectivity index (χ0n) is 11.7. The highest BCUT2D eigenvalue weighted by atomic mass is 16.2. The summed E-state index contributed by atoms with van der Waals surface area (Å²) in [6.45, 7) is 2.76. The van der Waals surface area contributed by atoms with E-state index in [0.29, 0.717) is 12.1 Å². The molecule has 0 atom stereocenters. The molecule has 0 aliphatic rings. The van der Waals surface area contributed by atoms with Crippen LogP contribution >= 0.6 is 0 Å². The summed E-state index contributed by atoms with van der Waals surface area (Å²) in [5, 5.41) is 1.25. The quantitative estimate of drug-likeness (QED) is 0.438. The number of nitrogens with one attached hydrogen (secondary N) is 1. The van der Waals surface area contributed by atoms with E-state index >= 15 is 0 Å². The van der Waals surface area contributed by atoms with Crippen molar-refractivity contribution in [2.45, 2.75) is 13.5 Å². The third kappa shape index (κ3) is 2.51. The summed E-state index contributed by atoms with van der Waals surface area (Å²) in [6.07, 6.45) is 3.66. The highest BCUT2D eigenvalue weighted by molar-refractivity contribution is 5.93. The van der Waals surface area contributed by atoms with Crippen molar-refractivity contribution < 1.29 is 4.79 Å². The Labute approximate surface area is 122 Å². The molecule has 0 aliphatic heterocycles. The SMILES string of the molecule is Cc1cn(Cc2ccc(C(=O)NN)cn2)c2ccccc12. The first-order chi connectivity index (χ1) is 10.2. The molecule has 1 aromatic carbocycles. The molecule has 0 saturated heterocycles. The van der Waals surface area contributed by atoms with Crippen LogP contribution in [0.4, 0.5) is 0 Å². The summed E-state index contributed by atoms with van der Waals surface area (Å²) in [6, 6.07) is 11.8. The van der Waals surface area contributed by atoms with Gasteiger partial charge < -0.3 is 4.57 Å². The maximum atomic E-state index is 11.4. The van der Waals surface area contributed by atoms with E-state index in [-0.39, 0.29) is 5.91 Å². The minimum Gasteiger partial charge on any atom is -0.341 e. The fourth-order valence-electron chi connectivity index (χ4n) is 2.47. The number of pyridine rings is 1. The van der Waals surface area contributed by atoms with Gasteiger partial charge in [-0.3, -0.25) is 15.2 Å². The molecule has 0 bridgehead atoms. The Morgan fingerprint density at radius 3 is 2.81 bits per heavy atom. The molecule has 2 heterocycles. The monoisotopic (exact) mass is 280 g/mol. The van der Waals surface area contributed by atoms with Crippen LogP contribution in [0.3, 0.4) is 0 Å². The maximum Gasteiger partial charge on any atom is 0.266 e. The Bertz CT molecular complexity index is 790. The second-order valence-corrected chi connectivity index (χ2v) is 4.97. The van der Waals surface area contributed by atoms with Crippen LogP contribution in [0, 0.1) is 6.92 Å². The van der Waals surface area contributed by atoms with Crippen LogP contribution < -0.4 is 11.3 Å². The van der Waals surface area contributed by atoms with E-state index in [0.717, 1.165) is 5.69 Å². The molecule has 5 nitrogen and oxygen atoms in total. The van der Waals surface area contributed by atoms with E-state index in [1.54, 1.807) is 6.07 Å².